The Morgan fingerprint density at radius 3 is 2.75 bits per heavy atom. The van der Waals surface area contributed by atoms with Crippen LogP contribution < -0.4 is 9.64 Å². The lowest BCUT2D eigenvalue weighted by atomic mass is 10.3. The summed E-state index contributed by atoms with van der Waals surface area (Å²) in [5.41, 5.74) is 0. The van der Waals surface area contributed by atoms with Crippen molar-refractivity contribution in [3.05, 3.63) is 42.9 Å². The highest BCUT2D eigenvalue weighted by molar-refractivity contribution is 7.89. The molecule has 0 aromatic carbocycles. The number of ether oxygens (including phenoxy) is 1. The van der Waals surface area contributed by atoms with Crippen LogP contribution in [0.2, 0.25) is 0 Å². The molecule has 3 rings (SSSR count). The summed E-state index contributed by atoms with van der Waals surface area (Å²) in [5, 5.41) is 0. The zero-order valence-electron chi connectivity index (χ0n) is 13.7. The first-order chi connectivity index (χ1) is 11.5. The Kier molecular flexibility index (Phi) is 4.68. The minimum Gasteiger partial charge on any atom is -0.485 e. The van der Waals surface area contributed by atoms with Crippen LogP contribution in [0.4, 0.5) is 5.82 Å². The largest absolute Gasteiger partial charge is 0.485 e. The predicted molar refractivity (Wildman–Crippen MR) is 90.6 cm³/mol. The van der Waals surface area contributed by atoms with Gasteiger partial charge in [-0.15, -0.1) is 0 Å². The fraction of sp³-hybridized carbons (Fsp3) is 0.375. The van der Waals surface area contributed by atoms with Gasteiger partial charge in [0.1, 0.15) is 11.0 Å². The predicted octanol–water partition coefficient (Wildman–Crippen LogP) is 1.38. The summed E-state index contributed by atoms with van der Waals surface area (Å²) in [5.74, 6) is 1.39. The molecule has 0 radical (unpaired) electrons. The minimum atomic E-state index is -3.53. The van der Waals surface area contributed by atoms with Crippen molar-refractivity contribution in [3.63, 3.8) is 0 Å². The average molecular weight is 348 g/mol. The van der Waals surface area contributed by atoms with E-state index in [1.165, 1.54) is 10.5 Å². The fourth-order valence-electron chi connectivity index (χ4n) is 2.65. The minimum absolute atomic E-state index is 0.195. The zero-order valence-corrected chi connectivity index (χ0v) is 14.5. The van der Waals surface area contributed by atoms with Crippen LogP contribution in [0.1, 0.15) is 6.42 Å². The molecule has 0 saturated carbocycles. The number of anilines is 1. The van der Waals surface area contributed by atoms with Crippen molar-refractivity contribution in [3.8, 4) is 5.75 Å². The first kappa shape index (κ1) is 16.7. The zero-order chi connectivity index (χ0) is 17.2. The third-order valence-electron chi connectivity index (χ3n) is 3.85. The fourth-order valence-corrected chi connectivity index (χ4v) is 4.10. The van der Waals surface area contributed by atoms with Crippen LogP contribution in [-0.2, 0) is 10.0 Å². The standard InChI is InChI=1S/C16H20N4O3S/c1-19(2)16-15(6-4-9-18-16)23-13-7-10-20(12-13)24(21,22)14-5-3-8-17-11-14/h3-6,8-9,11,13H,7,10,12H2,1-2H3/t13-/m0/s1. The van der Waals surface area contributed by atoms with E-state index in [9.17, 15) is 8.42 Å². The van der Waals surface area contributed by atoms with Gasteiger partial charge in [-0.05, 0) is 30.7 Å². The van der Waals surface area contributed by atoms with E-state index in [0.717, 1.165) is 5.82 Å². The topological polar surface area (TPSA) is 75.6 Å². The van der Waals surface area contributed by atoms with Gasteiger partial charge in [0.05, 0.1) is 6.54 Å². The summed E-state index contributed by atoms with van der Waals surface area (Å²) >= 11 is 0. The van der Waals surface area contributed by atoms with Crippen molar-refractivity contribution in [2.24, 2.45) is 0 Å². The van der Waals surface area contributed by atoms with Gasteiger partial charge in [0, 0.05) is 39.2 Å². The van der Waals surface area contributed by atoms with Gasteiger partial charge in [-0.1, -0.05) is 0 Å². The highest BCUT2D eigenvalue weighted by Crippen LogP contribution is 2.28. The molecule has 3 heterocycles. The number of pyridine rings is 2. The van der Waals surface area contributed by atoms with Gasteiger partial charge >= 0.3 is 0 Å². The molecule has 0 bridgehead atoms. The Balaban J connectivity index is 1.73. The number of hydrogen-bond acceptors (Lipinski definition) is 6. The smallest absolute Gasteiger partial charge is 0.244 e. The molecule has 1 fully saturated rings. The Morgan fingerprint density at radius 1 is 1.25 bits per heavy atom. The van der Waals surface area contributed by atoms with Crippen LogP contribution in [0, 0.1) is 0 Å². The molecule has 0 N–H and O–H groups in total. The van der Waals surface area contributed by atoms with Crippen molar-refractivity contribution in [1.29, 1.82) is 0 Å². The quantitative estimate of drug-likeness (QED) is 0.813. The van der Waals surface area contributed by atoms with Gasteiger partial charge in [-0.2, -0.15) is 4.31 Å². The van der Waals surface area contributed by atoms with Gasteiger partial charge in [0.15, 0.2) is 11.6 Å². The maximum absolute atomic E-state index is 12.6. The van der Waals surface area contributed by atoms with E-state index in [-0.39, 0.29) is 11.0 Å². The van der Waals surface area contributed by atoms with E-state index in [0.29, 0.717) is 25.3 Å². The van der Waals surface area contributed by atoms with Gasteiger partial charge in [-0.25, -0.2) is 13.4 Å². The molecule has 1 saturated heterocycles. The summed E-state index contributed by atoms with van der Waals surface area (Å²) in [6.45, 7) is 0.748. The van der Waals surface area contributed by atoms with Crippen LogP contribution in [0.25, 0.3) is 0 Å². The van der Waals surface area contributed by atoms with Crippen LogP contribution >= 0.6 is 0 Å². The SMILES string of the molecule is CN(C)c1ncccc1O[C@H]1CCN(S(=O)(=O)c2cccnc2)C1. The van der Waals surface area contributed by atoms with Crippen molar-refractivity contribution >= 4 is 15.8 Å². The van der Waals surface area contributed by atoms with Crippen LogP contribution in [0.15, 0.2) is 47.8 Å². The molecule has 0 spiro atoms. The van der Waals surface area contributed by atoms with E-state index in [1.807, 2.05) is 25.1 Å². The number of nitrogens with zero attached hydrogens (tertiary/aromatic N) is 4. The summed E-state index contributed by atoms with van der Waals surface area (Å²) in [4.78, 5) is 10.3. The molecule has 128 valence electrons. The van der Waals surface area contributed by atoms with E-state index >= 15 is 0 Å². The maximum Gasteiger partial charge on any atom is 0.244 e. The highest BCUT2D eigenvalue weighted by atomic mass is 32.2. The van der Waals surface area contributed by atoms with Crippen molar-refractivity contribution in [2.45, 2.75) is 17.4 Å². The van der Waals surface area contributed by atoms with E-state index in [2.05, 4.69) is 9.97 Å². The molecular formula is C16H20N4O3S. The number of rotatable bonds is 5. The molecule has 7 nitrogen and oxygen atoms in total. The normalized spacial score (nSPS) is 18.5. The van der Waals surface area contributed by atoms with E-state index < -0.39 is 10.0 Å². The molecule has 8 heteroatoms. The second-order valence-electron chi connectivity index (χ2n) is 5.80. The lowest BCUT2D eigenvalue weighted by molar-refractivity contribution is 0.215. The molecule has 2 aromatic rings. The molecule has 1 atom stereocenters. The van der Waals surface area contributed by atoms with Crippen molar-refractivity contribution in [2.75, 3.05) is 32.1 Å². The van der Waals surface area contributed by atoms with E-state index in [4.69, 9.17) is 4.74 Å². The molecule has 24 heavy (non-hydrogen) atoms. The van der Waals surface area contributed by atoms with Gasteiger partial charge in [0.25, 0.3) is 0 Å². The molecule has 0 aliphatic carbocycles. The second-order valence-corrected chi connectivity index (χ2v) is 7.74. The van der Waals surface area contributed by atoms with Crippen LogP contribution in [-0.4, -0.2) is 56.0 Å². The Morgan fingerprint density at radius 2 is 2.04 bits per heavy atom. The third kappa shape index (κ3) is 3.34. The number of hydrogen-bond donors (Lipinski definition) is 0. The summed E-state index contributed by atoms with van der Waals surface area (Å²) in [6, 6.07) is 6.83. The van der Waals surface area contributed by atoms with E-state index in [1.54, 1.807) is 30.6 Å². The first-order valence-electron chi connectivity index (χ1n) is 7.67. The summed E-state index contributed by atoms with van der Waals surface area (Å²) in [6.07, 6.45) is 5.07. The lowest BCUT2D eigenvalue weighted by Gasteiger charge is -2.20. The van der Waals surface area contributed by atoms with Crippen molar-refractivity contribution in [1.82, 2.24) is 14.3 Å². The summed E-state index contributed by atoms with van der Waals surface area (Å²) < 4.78 is 32.7. The van der Waals surface area contributed by atoms with Gasteiger partial charge < -0.3 is 9.64 Å². The Labute approximate surface area is 142 Å². The van der Waals surface area contributed by atoms with Crippen LogP contribution in [0.5, 0.6) is 5.75 Å². The summed E-state index contributed by atoms with van der Waals surface area (Å²) in [7, 11) is 0.258. The number of aromatic nitrogens is 2. The van der Waals surface area contributed by atoms with Crippen molar-refractivity contribution < 1.29 is 13.2 Å². The van der Waals surface area contributed by atoms with Crippen LogP contribution in [0.3, 0.4) is 0 Å². The Bertz CT molecular complexity index is 796. The second kappa shape index (κ2) is 6.74. The molecule has 0 amide bonds. The molecule has 1 aliphatic rings. The molecule has 1 aliphatic heterocycles. The van der Waals surface area contributed by atoms with Gasteiger partial charge in [-0.3, -0.25) is 4.98 Å². The molecule has 2 aromatic heterocycles. The van der Waals surface area contributed by atoms with Gasteiger partial charge in [0.2, 0.25) is 10.0 Å². The Hall–Kier alpha value is -2.19. The highest BCUT2D eigenvalue weighted by Gasteiger charge is 2.34. The molecular weight excluding hydrogens is 328 g/mol. The number of sulfonamides is 1. The lowest BCUT2D eigenvalue weighted by Crippen LogP contribution is -2.31. The monoisotopic (exact) mass is 348 g/mol. The maximum atomic E-state index is 12.6. The average Bonchev–Trinajstić information content (AvgIpc) is 3.05. The molecule has 0 unspecified atom stereocenters. The first-order valence-corrected chi connectivity index (χ1v) is 9.11. The third-order valence-corrected chi connectivity index (χ3v) is 5.70.